The number of aromatic nitrogens is 4. The number of benzene rings is 1. The molecule has 0 bridgehead atoms. The highest BCUT2D eigenvalue weighted by atomic mass is 16.6. The van der Waals surface area contributed by atoms with E-state index in [4.69, 9.17) is 14.2 Å². The van der Waals surface area contributed by atoms with E-state index >= 15 is 0 Å². The molecule has 1 aliphatic rings. The van der Waals surface area contributed by atoms with Crippen molar-refractivity contribution in [1.82, 2.24) is 19.8 Å². The third kappa shape index (κ3) is 3.23. The van der Waals surface area contributed by atoms with E-state index in [0.29, 0.717) is 54.2 Å². The van der Waals surface area contributed by atoms with Gasteiger partial charge in [0, 0.05) is 30.7 Å². The zero-order valence-electron chi connectivity index (χ0n) is 14.1. The maximum absolute atomic E-state index is 12.2. The fourth-order valence-electron chi connectivity index (χ4n) is 2.65. The molecule has 1 aromatic carbocycles. The normalized spacial score (nSPS) is 12.8. The smallest absolute Gasteiger partial charge is 0.231 e. The third-order valence-corrected chi connectivity index (χ3v) is 3.91. The highest BCUT2D eigenvalue weighted by molar-refractivity contribution is 5.91. The number of carbonyl (C=O) groups excluding carboxylic acids is 1. The van der Waals surface area contributed by atoms with Gasteiger partial charge in [-0.3, -0.25) is 4.79 Å². The first-order chi connectivity index (χ1) is 12.7. The van der Waals surface area contributed by atoms with Gasteiger partial charge in [-0.2, -0.15) is 4.52 Å². The third-order valence-electron chi connectivity index (χ3n) is 3.91. The van der Waals surface area contributed by atoms with Gasteiger partial charge < -0.3 is 19.5 Å². The summed E-state index contributed by atoms with van der Waals surface area (Å²) in [6.45, 7) is 1.03. The molecule has 9 heteroatoms. The van der Waals surface area contributed by atoms with E-state index in [1.807, 2.05) is 0 Å². The number of carbonyl (C=O) groups is 1. The maximum Gasteiger partial charge on any atom is 0.231 e. The first-order valence-electron chi connectivity index (χ1n) is 8.18. The van der Waals surface area contributed by atoms with Crippen molar-refractivity contribution < 1.29 is 19.0 Å². The summed E-state index contributed by atoms with van der Waals surface area (Å²) >= 11 is 0. The molecule has 0 unspecified atom stereocenters. The zero-order valence-corrected chi connectivity index (χ0v) is 14.1. The molecule has 9 nitrogen and oxygen atoms in total. The lowest BCUT2D eigenvalue weighted by molar-refractivity contribution is -0.116. The molecule has 0 aliphatic carbocycles. The molecule has 1 amide bonds. The summed E-state index contributed by atoms with van der Waals surface area (Å²) < 4.78 is 17.7. The average Bonchev–Trinajstić information content (AvgIpc) is 3.08. The lowest BCUT2D eigenvalue weighted by atomic mass is 10.2. The van der Waals surface area contributed by atoms with Crippen molar-refractivity contribution in [1.29, 1.82) is 0 Å². The fraction of sp³-hybridized carbons (Fsp3) is 0.294. The molecule has 2 aromatic heterocycles. The van der Waals surface area contributed by atoms with Crippen LogP contribution in [0.2, 0.25) is 0 Å². The van der Waals surface area contributed by atoms with Gasteiger partial charge in [0.1, 0.15) is 13.2 Å². The molecule has 0 fully saturated rings. The van der Waals surface area contributed by atoms with E-state index < -0.39 is 0 Å². The Morgan fingerprint density at radius 1 is 1.19 bits per heavy atom. The van der Waals surface area contributed by atoms with Crippen molar-refractivity contribution in [2.45, 2.75) is 12.8 Å². The van der Waals surface area contributed by atoms with Crippen LogP contribution in [-0.2, 0) is 11.2 Å². The largest absolute Gasteiger partial charge is 0.486 e. The van der Waals surface area contributed by atoms with E-state index in [1.54, 1.807) is 42.0 Å². The van der Waals surface area contributed by atoms with Gasteiger partial charge in [0.2, 0.25) is 11.8 Å². The molecule has 134 valence electrons. The van der Waals surface area contributed by atoms with Crippen LogP contribution < -0.4 is 19.5 Å². The Hall–Kier alpha value is -3.36. The van der Waals surface area contributed by atoms with Crippen LogP contribution >= 0.6 is 0 Å². The van der Waals surface area contributed by atoms with Gasteiger partial charge in [-0.1, -0.05) is 0 Å². The number of hydrogen-bond donors (Lipinski definition) is 1. The van der Waals surface area contributed by atoms with Crippen LogP contribution in [-0.4, -0.2) is 46.0 Å². The lowest BCUT2D eigenvalue weighted by Gasteiger charge is -2.19. The van der Waals surface area contributed by atoms with E-state index in [0.717, 1.165) is 0 Å². The van der Waals surface area contributed by atoms with E-state index in [-0.39, 0.29) is 12.3 Å². The number of nitrogens with zero attached hydrogens (tertiary/aromatic N) is 4. The Morgan fingerprint density at radius 2 is 2.04 bits per heavy atom. The first kappa shape index (κ1) is 16.1. The molecule has 3 heterocycles. The Labute approximate surface area is 148 Å². The minimum atomic E-state index is -0.138. The molecule has 0 saturated carbocycles. The minimum absolute atomic E-state index is 0.138. The molecule has 4 rings (SSSR count). The van der Waals surface area contributed by atoms with E-state index in [9.17, 15) is 4.79 Å². The standard InChI is InChI=1S/C17H17N5O4/c1-24-17-7-5-15-20-19-14(22(15)21-17)4-6-16(23)18-11-2-3-12-13(10-11)26-9-8-25-12/h2-3,5,7,10H,4,6,8-9H2,1H3,(H,18,23). The van der Waals surface area contributed by atoms with Crippen molar-refractivity contribution in [3.63, 3.8) is 0 Å². The van der Waals surface area contributed by atoms with Crippen molar-refractivity contribution in [3.05, 3.63) is 36.2 Å². The van der Waals surface area contributed by atoms with Crippen molar-refractivity contribution >= 4 is 17.2 Å². The molecule has 1 N–H and O–H groups in total. The first-order valence-corrected chi connectivity index (χ1v) is 8.18. The van der Waals surface area contributed by atoms with Crippen LogP contribution in [0.4, 0.5) is 5.69 Å². The number of amides is 1. The SMILES string of the molecule is COc1ccc2nnc(CCC(=O)Nc3ccc4c(c3)OCCO4)n2n1. The molecule has 0 atom stereocenters. The molecular weight excluding hydrogens is 338 g/mol. The number of fused-ring (bicyclic) bond motifs is 2. The summed E-state index contributed by atoms with van der Waals surface area (Å²) in [6, 6.07) is 8.79. The van der Waals surface area contributed by atoms with Gasteiger partial charge in [0.15, 0.2) is 23.0 Å². The maximum atomic E-state index is 12.2. The van der Waals surface area contributed by atoms with E-state index in [2.05, 4.69) is 20.6 Å². The number of rotatable bonds is 5. The van der Waals surface area contributed by atoms with Gasteiger partial charge in [-0.25, -0.2) is 0 Å². The Bertz CT molecular complexity index is 955. The zero-order chi connectivity index (χ0) is 17.9. The second-order valence-corrected chi connectivity index (χ2v) is 5.67. The second kappa shape index (κ2) is 6.87. The number of methoxy groups -OCH3 is 1. The summed E-state index contributed by atoms with van der Waals surface area (Å²) in [6.07, 6.45) is 0.645. The van der Waals surface area contributed by atoms with Gasteiger partial charge in [-0.05, 0) is 18.2 Å². The summed E-state index contributed by atoms with van der Waals surface area (Å²) in [5, 5.41) is 15.2. The second-order valence-electron chi connectivity index (χ2n) is 5.67. The summed E-state index contributed by atoms with van der Waals surface area (Å²) in [5.41, 5.74) is 1.26. The number of hydrogen-bond acceptors (Lipinski definition) is 7. The Morgan fingerprint density at radius 3 is 2.88 bits per heavy atom. The van der Waals surface area contributed by atoms with E-state index in [1.165, 1.54) is 0 Å². The van der Waals surface area contributed by atoms with Crippen LogP contribution in [0.3, 0.4) is 0 Å². The highest BCUT2D eigenvalue weighted by Crippen LogP contribution is 2.32. The summed E-state index contributed by atoms with van der Waals surface area (Å²) in [4.78, 5) is 12.2. The number of nitrogens with one attached hydrogen (secondary N) is 1. The molecule has 1 aliphatic heterocycles. The van der Waals surface area contributed by atoms with Crippen molar-refractivity contribution in [2.75, 3.05) is 25.6 Å². The lowest BCUT2D eigenvalue weighted by Crippen LogP contribution is -2.17. The predicted molar refractivity (Wildman–Crippen MR) is 91.7 cm³/mol. The monoisotopic (exact) mass is 355 g/mol. The molecule has 0 saturated heterocycles. The van der Waals surface area contributed by atoms with Gasteiger partial charge in [-0.15, -0.1) is 15.3 Å². The Balaban J connectivity index is 1.41. The van der Waals surface area contributed by atoms with Gasteiger partial charge >= 0.3 is 0 Å². The van der Waals surface area contributed by atoms with Crippen LogP contribution in [0.25, 0.3) is 5.65 Å². The van der Waals surface area contributed by atoms with Gasteiger partial charge in [0.25, 0.3) is 0 Å². The molecule has 3 aromatic rings. The van der Waals surface area contributed by atoms with Gasteiger partial charge in [0.05, 0.1) is 7.11 Å². The summed E-state index contributed by atoms with van der Waals surface area (Å²) in [5.74, 6) is 2.23. The summed E-state index contributed by atoms with van der Waals surface area (Å²) in [7, 11) is 1.54. The topological polar surface area (TPSA) is 99.9 Å². The van der Waals surface area contributed by atoms with Crippen LogP contribution in [0.5, 0.6) is 17.4 Å². The van der Waals surface area contributed by atoms with Crippen LogP contribution in [0.15, 0.2) is 30.3 Å². The van der Waals surface area contributed by atoms with Crippen LogP contribution in [0, 0.1) is 0 Å². The fourth-order valence-corrected chi connectivity index (χ4v) is 2.65. The molecule has 26 heavy (non-hydrogen) atoms. The Kier molecular flexibility index (Phi) is 4.26. The minimum Gasteiger partial charge on any atom is -0.486 e. The number of anilines is 1. The van der Waals surface area contributed by atoms with Crippen molar-refractivity contribution in [2.24, 2.45) is 0 Å². The molecular formula is C17H17N5O4. The number of ether oxygens (including phenoxy) is 3. The predicted octanol–water partition coefficient (Wildman–Crippen LogP) is 1.48. The number of aryl methyl sites for hydroxylation is 1. The van der Waals surface area contributed by atoms with Crippen molar-refractivity contribution in [3.8, 4) is 17.4 Å². The van der Waals surface area contributed by atoms with Crippen LogP contribution in [0.1, 0.15) is 12.2 Å². The molecule has 0 spiro atoms. The molecule has 0 radical (unpaired) electrons. The average molecular weight is 355 g/mol. The highest BCUT2D eigenvalue weighted by Gasteiger charge is 2.14. The quantitative estimate of drug-likeness (QED) is 0.740.